The van der Waals surface area contributed by atoms with Crippen LogP contribution in [0.5, 0.6) is 0 Å². The van der Waals surface area contributed by atoms with Crippen molar-refractivity contribution in [3.8, 4) is 0 Å². The van der Waals surface area contributed by atoms with Gasteiger partial charge in [-0.25, -0.2) is 4.90 Å². The van der Waals surface area contributed by atoms with Crippen molar-refractivity contribution >= 4 is 11.8 Å². The van der Waals surface area contributed by atoms with Crippen LogP contribution in [0.3, 0.4) is 0 Å². The number of benzene rings is 1. The van der Waals surface area contributed by atoms with Crippen molar-refractivity contribution in [2.24, 2.45) is 23.7 Å². The zero-order chi connectivity index (χ0) is 15.1. The average Bonchev–Trinajstić information content (AvgIpc) is 2.77. The molecule has 1 N–H and O–H groups in total. The molecule has 2 amide bonds. The van der Waals surface area contributed by atoms with Crippen LogP contribution < -0.4 is 0 Å². The van der Waals surface area contributed by atoms with Gasteiger partial charge in [0, 0.05) is 11.8 Å². The lowest BCUT2D eigenvalue weighted by Gasteiger charge is -2.60. The predicted molar refractivity (Wildman–Crippen MR) is 78.9 cm³/mol. The van der Waals surface area contributed by atoms with Crippen molar-refractivity contribution in [2.45, 2.75) is 37.8 Å². The molecule has 0 radical (unpaired) electrons. The lowest BCUT2D eigenvalue weighted by atomic mass is 9.52. The number of rotatable bonds is 1. The Morgan fingerprint density at radius 3 is 1.77 bits per heavy atom. The van der Waals surface area contributed by atoms with E-state index in [1.54, 1.807) is 24.3 Å². The summed E-state index contributed by atoms with van der Waals surface area (Å²) >= 11 is 0. The molecule has 1 aliphatic heterocycles. The quantitative estimate of drug-likeness (QED) is 0.810. The molecular formula is C18H19NO3. The third kappa shape index (κ3) is 1.37. The second-order valence-corrected chi connectivity index (χ2v) is 7.58. The Kier molecular flexibility index (Phi) is 2.32. The molecule has 114 valence electrons. The normalized spacial score (nSPS) is 42.1. The summed E-state index contributed by atoms with van der Waals surface area (Å²) in [5.74, 6) is 0.860. The monoisotopic (exact) mass is 297 g/mol. The van der Waals surface area contributed by atoms with E-state index in [1.165, 1.54) is 11.3 Å². The molecule has 0 atom stereocenters. The smallest absolute Gasteiger partial charge is 0.263 e. The molecule has 4 bridgehead atoms. The minimum absolute atomic E-state index is 0.0611. The highest BCUT2D eigenvalue weighted by Gasteiger charge is 2.63. The van der Waals surface area contributed by atoms with Crippen LogP contribution in [0.2, 0.25) is 0 Å². The Morgan fingerprint density at radius 2 is 1.32 bits per heavy atom. The zero-order valence-corrected chi connectivity index (χ0v) is 12.4. The Morgan fingerprint density at radius 1 is 0.864 bits per heavy atom. The highest BCUT2D eigenvalue weighted by Crippen LogP contribution is 2.60. The van der Waals surface area contributed by atoms with Gasteiger partial charge in [-0.15, -0.1) is 0 Å². The Balaban J connectivity index is 1.61. The third-order valence-electron chi connectivity index (χ3n) is 6.49. The summed E-state index contributed by atoms with van der Waals surface area (Å²) in [6.07, 6.45) is 5.09. The van der Waals surface area contributed by atoms with E-state index >= 15 is 0 Å². The van der Waals surface area contributed by atoms with Crippen molar-refractivity contribution in [3.63, 3.8) is 0 Å². The molecule has 1 aromatic carbocycles. The van der Waals surface area contributed by atoms with Crippen molar-refractivity contribution < 1.29 is 14.7 Å². The van der Waals surface area contributed by atoms with Gasteiger partial charge in [0.05, 0.1) is 11.1 Å². The van der Waals surface area contributed by atoms with Crippen LogP contribution >= 0.6 is 0 Å². The Hall–Kier alpha value is -1.68. The first-order valence-electron chi connectivity index (χ1n) is 8.29. The molecular weight excluding hydrogens is 278 g/mol. The SMILES string of the molecule is O=C1c2ccccc2C(=O)N1C1(O)C2CC3CC(C2)CC1C3. The summed E-state index contributed by atoms with van der Waals surface area (Å²) in [6.45, 7) is 0. The van der Waals surface area contributed by atoms with Gasteiger partial charge in [-0.2, -0.15) is 0 Å². The lowest BCUT2D eigenvalue weighted by molar-refractivity contribution is -0.223. The fourth-order valence-corrected chi connectivity index (χ4v) is 5.76. The molecule has 0 unspecified atom stereocenters. The summed E-state index contributed by atoms with van der Waals surface area (Å²) in [7, 11) is 0. The van der Waals surface area contributed by atoms with Gasteiger partial charge < -0.3 is 5.11 Å². The molecule has 4 heteroatoms. The van der Waals surface area contributed by atoms with E-state index in [-0.39, 0.29) is 23.7 Å². The van der Waals surface area contributed by atoms with E-state index in [0.29, 0.717) is 23.0 Å². The van der Waals surface area contributed by atoms with Crippen LogP contribution in [-0.4, -0.2) is 27.5 Å². The molecule has 0 spiro atoms. The topological polar surface area (TPSA) is 57.6 Å². The maximum absolute atomic E-state index is 12.8. The summed E-state index contributed by atoms with van der Waals surface area (Å²) in [4.78, 5) is 26.8. The number of aliphatic hydroxyl groups is 1. The van der Waals surface area contributed by atoms with Crippen molar-refractivity contribution in [3.05, 3.63) is 35.4 Å². The van der Waals surface area contributed by atoms with Gasteiger partial charge in [0.1, 0.15) is 0 Å². The molecule has 4 nitrogen and oxygen atoms in total. The first kappa shape index (κ1) is 12.8. The fourth-order valence-electron chi connectivity index (χ4n) is 5.76. The molecule has 1 heterocycles. The van der Waals surface area contributed by atoms with Crippen molar-refractivity contribution in [1.29, 1.82) is 0 Å². The summed E-state index contributed by atoms with van der Waals surface area (Å²) in [6, 6.07) is 6.92. The molecule has 4 aliphatic carbocycles. The highest BCUT2D eigenvalue weighted by molar-refractivity contribution is 6.21. The molecule has 6 rings (SSSR count). The molecule has 4 saturated carbocycles. The number of fused-ring (bicyclic) bond motifs is 1. The average molecular weight is 297 g/mol. The molecule has 0 aromatic heterocycles. The van der Waals surface area contributed by atoms with E-state index in [4.69, 9.17) is 0 Å². The van der Waals surface area contributed by atoms with E-state index in [1.807, 2.05) is 0 Å². The van der Waals surface area contributed by atoms with Gasteiger partial charge in [0.15, 0.2) is 5.72 Å². The highest BCUT2D eigenvalue weighted by atomic mass is 16.3. The predicted octanol–water partition coefficient (Wildman–Crippen LogP) is 2.43. The Bertz CT molecular complexity index is 632. The van der Waals surface area contributed by atoms with Gasteiger partial charge in [0.2, 0.25) is 0 Å². The van der Waals surface area contributed by atoms with Gasteiger partial charge >= 0.3 is 0 Å². The van der Waals surface area contributed by atoms with Crippen molar-refractivity contribution in [1.82, 2.24) is 4.90 Å². The molecule has 4 fully saturated rings. The molecule has 5 aliphatic rings. The van der Waals surface area contributed by atoms with Gasteiger partial charge in [-0.3, -0.25) is 9.59 Å². The maximum Gasteiger partial charge on any atom is 0.263 e. The summed E-state index contributed by atoms with van der Waals surface area (Å²) in [5, 5.41) is 11.5. The van der Waals surface area contributed by atoms with Crippen LogP contribution in [0.25, 0.3) is 0 Å². The Labute approximate surface area is 129 Å². The van der Waals surface area contributed by atoms with Crippen LogP contribution in [0.4, 0.5) is 0 Å². The second kappa shape index (κ2) is 3.99. The summed E-state index contributed by atoms with van der Waals surface area (Å²) in [5.41, 5.74) is -0.384. The number of imide groups is 1. The number of amides is 2. The third-order valence-corrected chi connectivity index (χ3v) is 6.49. The van der Waals surface area contributed by atoms with E-state index in [9.17, 15) is 14.7 Å². The summed E-state index contributed by atoms with van der Waals surface area (Å²) < 4.78 is 0. The van der Waals surface area contributed by atoms with Crippen LogP contribution in [-0.2, 0) is 0 Å². The standard InChI is InChI=1S/C18H19NO3/c20-16-14-3-1-2-4-15(14)17(21)19(16)18(22)12-6-10-5-11(8-12)9-13(18)7-10/h1-4,10-13,22H,5-9H2. The number of carbonyl (C=O) groups excluding carboxylic acids is 2. The van der Waals surface area contributed by atoms with Gasteiger partial charge in [-0.1, -0.05) is 12.1 Å². The van der Waals surface area contributed by atoms with E-state index in [0.717, 1.165) is 25.7 Å². The lowest BCUT2D eigenvalue weighted by Crippen LogP contribution is -2.67. The molecule has 0 saturated heterocycles. The number of carbonyl (C=O) groups is 2. The van der Waals surface area contributed by atoms with Crippen LogP contribution in [0.15, 0.2) is 24.3 Å². The van der Waals surface area contributed by atoms with Gasteiger partial charge in [-0.05, 0) is 56.1 Å². The van der Waals surface area contributed by atoms with Crippen molar-refractivity contribution in [2.75, 3.05) is 0 Å². The van der Waals surface area contributed by atoms with Crippen LogP contribution in [0, 0.1) is 23.7 Å². The minimum Gasteiger partial charge on any atom is -0.370 e. The number of hydrogen-bond acceptors (Lipinski definition) is 3. The van der Waals surface area contributed by atoms with E-state index in [2.05, 4.69) is 0 Å². The second-order valence-electron chi connectivity index (χ2n) is 7.58. The number of nitrogens with zero attached hydrogens (tertiary/aromatic N) is 1. The first-order valence-corrected chi connectivity index (χ1v) is 8.29. The fraction of sp³-hybridized carbons (Fsp3) is 0.556. The molecule has 1 aromatic rings. The maximum atomic E-state index is 12.8. The zero-order valence-electron chi connectivity index (χ0n) is 12.4. The molecule has 22 heavy (non-hydrogen) atoms. The van der Waals surface area contributed by atoms with E-state index < -0.39 is 5.72 Å². The number of hydrogen-bond donors (Lipinski definition) is 1. The van der Waals surface area contributed by atoms with Crippen LogP contribution in [0.1, 0.15) is 52.8 Å². The minimum atomic E-state index is -1.26. The first-order chi connectivity index (χ1) is 10.6. The largest absolute Gasteiger partial charge is 0.370 e. The van der Waals surface area contributed by atoms with Gasteiger partial charge in [0.25, 0.3) is 11.8 Å².